The standard InChI is InChI=1S/C14H17NO2/c1-10-7-8-12-9-17-14(15(12)13(10)16)11-5-3-2-4-6-11/h2-6,10,12,14H,7-9H2,1H3/i1D3. The molecular weight excluding hydrogens is 214 g/mol. The Morgan fingerprint density at radius 1 is 1.35 bits per heavy atom. The van der Waals surface area contributed by atoms with Crippen LogP contribution in [0.5, 0.6) is 0 Å². The summed E-state index contributed by atoms with van der Waals surface area (Å²) < 4.78 is 28.3. The molecule has 1 aromatic rings. The minimum Gasteiger partial charge on any atom is -0.352 e. The van der Waals surface area contributed by atoms with E-state index in [1.165, 1.54) is 0 Å². The van der Waals surface area contributed by atoms with Crippen molar-refractivity contribution in [3.05, 3.63) is 35.9 Å². The second-order valence-electron chi connectivity index (χ2n) is 4.63. The van der Waals surface area contributed by atoms with Gasteiger partial charge in [-0.3, -0.25) is 4.79 Å². The summed E-state index contributed by atoms with van der Waals surface area (Å²) in [5, 5.41) is 0. The molecule has 0 radical (unpaired) electrons. The summed E-state index contributed by atoms with van der Waals surface area (Å²) in [5.41, 5.74) is 0.898. The van der Waals surface area contributed by atoms with Gasteiger partial charge in [0.05, 0.1) is 12.6 Å². The van der Waals surface area contributed by atoms with E-state index in [4.69, 9.17) is 8.85 Å². The fourth-order valence-electron chi connectivity index (χ4n) is 2.61. The molecule has 3 nitrogen and oxygen atoms in total. The van der Waals surface area contributed by atoms with Crippen LogP contribution in [0.1, 0.15) is 35.6 Å². The number of hydrogen-bond acceptors (Lipinski definition) is 2. The van der Waals surface area contributed by atoms with Crippen molar-refractivity contribution in [2.45, 2.75) is 32.0 Å². The topological polar surface area (TPSA) is 29.5 Å². The molecule has 17 heavy (non-hydrogen) atoms. The molecule has 90 valence electrons. The molecule has 2 heterocycles. The minimum absolute atomic E-state index is 0.00584. The molecule has 0 saturated carbocycles. The molecule has 3 rings (SSSR count). The Balaban J connectivity index is 1.89. The Morgan fingerprint density at radius 2 is 2.18 bits per heavy atom. The predicted molar refractivity (Wildman–Crippen MR) is 64.2 cm³/mol. The number of ether oxygens (including phenoxy) is 1. The van der Waals surface area contributed by atoms with Gasteiger partial charge in [-0.1, -0.05) is 37.2 Å². The second kappa shape index (κ2) is 4.15. The van der Waals surface area contributed by atoms with E-state index in [1.54, 1.807) is 4.90 Å². The Labute approximate surface area is 106 Å². The smallest absolute Gasteiger partial charge is 0.228 e. The fourth-order valence-corrected chi connectivity index (χ4v) is 2.61. The summed E-state index contributed by atoms with van der Waals surface area (Å²) in [6, 6.07) is 9.49. The first-order valence-electron chi connectivity index (χ1n) is 7.47. The van der Waals surface area contributed by atoms with E-state index in [9.17, 15) is 4.79 Å². The number of rotatable bonds is 1. The lowest BCUT2D eigenvalue weighted by molar-refractivity contribution is -0.145. The molecule has 2 saturated heterocycles. The van der Waals surface area contributed by atoms with Crippen molar-refractivity contribution in [2.24, 2.45) is 5.92 Å². The van der Waals surface area contributed by atoms with Crippen LogP contribution in [0, 0.1) is 5.92 Å². The number of carbonyl (C=O) groups is 1. The number of nitrogens with zero attached hydrogens (tertiary/aromatic N) is 1. The molecule has 3 unspecified atom stereocenters. The summed E-state index contributed by atoms with van der Waals surface area (Å²) in [5.74, 6) is -1.20. The molecule has 3 atom stereocenters. The number of hydrogen-bond donors (Lipinski definition) is 0. The van der Waals surface area contributed by atoms with Crippen LogP contribution in [0.2, 0.25) is 0 Å². The lowest BCUT2D eigenvalue weighted by atomic mass is 9.93. The highest BCUT2D eigenvalue weighted by molar-refractivity contribution is 5.80. The van der Waals surface area contributed by atoms with Gasteiger partial charge in [-0.15, -0.1) is 0 Å². The molecule has 1 aromatic carbocycles. The number of fused-ring (bicyclic) bond motifs is 1. The third kappa shape index (κ3) is 1.75. The van der Waals surface area contributed by atoms with E-state index >= 15 is 0 Å². The van der Waals surface area contributed by atoms with E-state index in [-0.39, 0.29) is 11.9 Å². The quantitative estimate of drug-likeness (QED) is 0.746. The average Bonchev–Trinajstić information content (AvgIpc) is 2.83. The van der Waals surface area contributed by atoms with Crippen molar-refractivity contribution in [3.63, 3.8) is 0 Å². The van der Waals surface area contributed by atoms with E-state index in [2.05, 4.69) is 0 Å². The molecule has 0 N–H and O–H groups in total. The van der Waals surface area contributed by atoms with E-state index in [0.717, 1.165) is 5.56 Å². The summed E-state index contributed by atoms with van der Waals surface area (Å²) in [6.45, 7) is -1.75. The summed E-state index contributed by atoms with van der Waals surface area (Å²) in [7, 11) is 0. The SMILES string of the molecule is [2H]C([2H])([2H])C1CCC2COC(c3ccccc3)N2C1=O. The number of piperidine rings is 1. The van der Waals surface area contributed by atoms with Crippen LogP contribution < -0.4 is 0 Å². The van der Waals surface area contributed by atoms with Crippen molar-refractivity contribution in [1.82, 2.24) is 4.90 Å². The van der Waals surface area contributed by atoms with E-state index in [1.807, 2.05) is 30.3 Å². The highest BCUT2D eigenvalue weighted by atomic mass is 16.5. The lowest BCUT2D eigenvalue weighted by Crippen LogP contribution is -2.45. The van der Waals surface area contributed by atoms with Crippen molar-refractivity contribution in [3.8, 4) is 0 Å². The molecule has 2 fully saturated rings. The largest absolute Gasteiger partial charge is 0.352 e. The van der Waals surface area contributed by atoms with Gasteiger partial charge in [0.1, 0.15) is 0 Å². The van der Waals surface area contributed by atoms with Gasteiger partial charge in [0, 0.05) is 15.6 Å². The average molecular weight is 234 g/mol. The van der Waals surface area contributed by atoms with Crippen LogP contribution >= 0.6 is 0 Å². The Bertz CT molecular complexity index is 503. The Morgan fingerprint density at radius 3 is 2.94 bits per heavy atom. The Hall–Kier alpha value is -1.35. The van der Waals surface area contributed by atoms with Crippen molar-refractivity contribution in [1.29, 1.82) is 0 Å². The normalized spacial score (nSPS) is 36.0. The molecule has 0 bridgehead atoms. The van der Waals surface area contributed by atoms with Crippen molar-refractivity contribution in [2.75, 3.05) is 6.61 Å². The third-order valence-electron chi connectivity index (χ3n) is 3.52. The summed E-state index contributed by atoms with van der Waals surface area (Å²) in [4.78, 5) is 14.2. The van der Waals surface area contributed by atoms with E-state index in [0.29, 0.717) is 19.4 Å². The molecule has 2 aliphatic heterocycles. The van der Waals surface area contributed by atoms with Gasteiger partial charge in [-0.2, -0.15) is 0 Å². The zero-order chi connectivity index (χ0) is 14.3. The molecule has 3 heteroatoms. The highest BCUT2D eigenvalue weighted by Gasteiger charge is 2.43. The van der Waals surface area contributed by atoms with E-state index < -0.39 is 19.0 Å². The van der Waals surface area contributed by atoms with Crippen LogP contribution in [-0.2, 0) is 9.53 Å². The third-order valence-corrected chi connectivity index (χ3v) is 3.52. The summed E-state index contributed by atoms with van der Waals surface area (Å²) in [6.07, 6.45) is 0.665. The van der Waals surface area contributed by atoms with Gasteiger partial charge in [0.25, 0.3) is 0 Å². The number of amides is 1. The first-order chi connectivity index (χ1) is 9.48. The maximum Gasteiger partial charge on any atom is 0.228 e. The molecule has 2 aliphatic rings. The lowest BCUT2D eigenvalue weighted by Gasteiger charge is -2.35. The first-order valence-corrected chi connectivity index (χ1v) is 5.97. The van der Waals surface area contributed by atoms with Crippen LogP contribution in [0.15, 0.2) is 30.3 Å². The van der Waals surface area contributed by atoms with Crippen LogP contribution in [0.25, 0.3) is 0 Å². The summed E-state index contributed by atoms with van der Waals surface area (Å²) >= 11 is 0. The molecule has 1 amide bonds. The van der Waals surface area contributed by atoms with Crippen LogP contribution in [0.4, 0.5) is 0 Å². The van der Waals surface area contributed by atoms with Gasteiger partial charge in [-0.05, 0) is 12.8 Å². The monoisotopic (exact) mass is 234 g/mol. The molecule has 0 aromatic heterocycles. The zero-order valence-corrected chi connectivity index (χ0v) is 9.50. The highest BCUT2D eigenvalue weighted by Crippen LogP contribution is 2.37. The second-order valence-corrected chi connectivity index (χ2v) is 4.63. The minimum atomic E-state index is -2.23. The number of carbonyl (C=O) groups excluding carboxylic acids is 1. The van der Waals surface area contributed by atoms with Gasteiger partial charge >= 0.3 is 0 Å². The van der Waals surface area contributed by atoms with Crippen molar-refractivity contribution < 1.29 is 13.6 Å². The zero-order valence-electron chi connectivity index (χ0n) is 12.5. The Kier molecular flexibility index (Phi) is 1.92. The van der Waals surface area contributed by atoms with Gasteiger partial charge < -0.3 is 9.64 Å². The van der Waals surface area contributed by atoms with Gasteiger partial charge in [0.15, 0.2) is 6.23 Å². The molecule has 0 spiro atoms. The maximum absolute atomic E-state index is 12.5. The molecule has 0 aliphatic carbocycles. The first kappa shape index (κ1) is 7.88. The van der Waals surface area contributed by atoms with Crippen molar-refractivity contribution >= 4 is 5.91 Å². The van der Waals surface area contributed by atoms with Gasteiger partial charge in [-0.25, -0.2) is 0 Å². The van der Waals surface area contributed by atoms with Crippen LogP contribution in [0.3, 0.4) is 0 Å². The fraction of sp³-hybridized carbons (Fsp3) is 0.500. The van der Waals surface area contributed by atoms with Crippen LogP contribution in [-0.4, -0.2) is 23.5 Å². The number of benzene rings is 1. The van der Waals surface area contributed by atoms with Gasteiger partial charge in [0.2, 0.25) is 5.91 Å². The predicted octanol–water partition coefficient (Wildman–Crippen LogP) is 2.34. The molecular formula is C14H17NO2. The maximum atomic E-state index is 12.5.